The number of carbonyl (C=O) groups is 1. The van der Waals surface area contributed by atoms with Crippen molar-refractivity contribution < 1.29 is 18.0 Å². The van der Waals surface area contributed by atoms with Crippen LogP contribution in [-0.4, -0.2) is 28.2 Å². The molecule has 2 heterocycles. The van der Waals surface area contributed by atoms with Crippen LogP contribution in [0.1, 0.15) is 40.4 Å². The molecule has 1 aliphatic heterocycles. The third-order valence-corrected chi connectivity index (χ3v) is 4.91. The van der Waals surface area contributed by atoms with Crippen LogP contribution in [0.25, 0.3) is 0 Å². The maximum atomic E-state index is 13.6. The topological polar surface area (TPSA) is 72.9 Å². The van der Waals surface area contributed by atoms with Crippen LogP contribution in [0.2, 0.25) is 0 Å². The molecule has 2 aliphatic rings. The summed E-state index contributed by atoms with van der Waals surface area (Å²) in [5.41, 5.74) is 7.88. The number of carbonyl (C=O) groups excluding carboxylic acids is 1. The summed E-state index contributed by atoms with van der Waals surface area (Å²) in [6.07, 6.45) is -0.259. The Morgan fingerprint density at radius 1 is 1.40 bits per heavy atom. The molecule has 1 atom stereocenters. The first-order valence-electron chi connectivity index (χ1n) is 8.17. The van der Waals surface area contributed by atoms with Crippen LogP contribution in [0.15, 0.2) is 18.2 Å². The van der Waals surface area contributed by atoms with Gasteiger partial charge in [-0.1, -0.05) is 0 Å². The molecule has 1 aliphatic carbocycles. The van der Waals surface area contributed by atoms with Crippen LogP contribution in [0.4, 0.5) is 24.7 Å². The fraction of sp³-hybridized carbons (Fsp3) is 0.412. The number of nitrogens with two attached hydrogens (primary N) is 1. The molecule has 5 nitrogen and oxygen atoms in total. The van der Waals surface area contributed by atoms with Gasteiger partial charge in [0.25, 0.3) is 11.8 Å². The lowest BCUT2D eigenvalue weighted by Gasteiger charge is -2.25. The van der Waals surface area contributed by atoms with Crippen LogP contribution in [0, 0.1) is 5.82 Å². The minimum Gasteiger partial charge on any atom is -0.385 e. The molecule has 0 bridgehead atoms. The van der Waals surface area contributed by atoms with E-state index in [4.69, 9.17) is 5.73 Å². The van der Waals surface area contributed by atoms with Gasteiger partial charge in [0, 0.05) is 30.6 Å². The second kappa shape index (κ2) is 5.50. The number of hydrogen-bond donors (Lipinski definition) is 2. The van der Waals surface area contributed by atoms with Crippen molar-refractivity contribution in [2.24, 2.45) is 0 Å². The van der Waals surface area contributed by atoms with Crippen molar-refractivity contribution in [1.82, 2.24) is 9.78 Å². The van der Waals surface area contributed by atoms with Crippen LogP contribution in [0.5, 0.6) is 0 Å². The number of fused-ring (bicyclic) bond motifs is 2. The van der Waals surface area contributed by atoms with Crippen molar-refractivity contribution in [2.45, 2.75) is 37.5 Å². The maximum Gasteiger partial charge on any atom is 0.256 e. The van der Waals surface area contributed by atoms with Crippen molar-refractivity contribution in [3.63, 3.8) is 0 Å². The van der Waals surface area contributed by atoms with Crippen LogP contribution >= 0.6 is 0 Å². The molecule has 132 valence electrons. The Labute approximate surface area is 142 Å². The van der Waals surface area contributed by atoms with Gasteiger partial charge in [-0.3, -0.25) is 4.79 Å². The zero-order valence-electron chi connectivity index (χ0n) is 13.4. The van der Waals surface area contributed by atoms with E-state index in [9.17, 15) is 18.0 Å². The van der Waals surface area contributed by atoms with Crippen LogP contribution in [-0.2, 0) is 12.8 Å². The number of aromatic nitrogens is 2. The number of nitrogens with zero attached hydrogens (tertiary/aromatic N) is 2. The van der Waals surface area contributed by atoms with Gasteiger partial charge in [-0.2, -0.15) is 9.78 Å². The first-order chi connectivity index (χ1) is 11.9. The highest BCUT2D eigenvalue weighted by Gasteiger charge is 2.39. The predicted octanol–water partition coefficient (Wildman–Crippen LogP) is 2.97. The smallest absolute Gasteiger partial charge is 0.256 e. The Morgan fingerprint density at radius 2 is 2.20 bits per heavy atom. The molecule has 0 amide bonds. The summed E-state index contributed by atoms with van der Waals surface area (Å²) in [6.45, 7) is 0.550. The van der Waals surface area contributed by atoms with E-state index in [0.29, 0.717) is 29.9 Å². The minimum atomic E-state index is -2.83. The summed E-state index contributed by atoms with van der Waals surface area (Å²) in [4.78, 5) is 13.0. The maximum absolute atomic E-state index is 13.6. The van der Waals surface area contributed by atoms with Gasteiger partial charge >= 0.3 is 0 Å². The highest BCUT2D eigenvalue weighted by Crippen LogP contribution is 2.37. The second-order valence-corrected chi connectivity index (χ2v) is 6.59. The quantitative estimate of drug-likeness (QED) is 0.829. The average molecular weight is 350 g/mol. The number of aryl methyl sites for hydroxylation is 1. The number of rotatable bonds is 1. The molecule has 3 N–H and O–H groups in total. The van der Waals surface area contributed by atoms with E-state index in [1.54, 1.807) is 6.07 Å². The highest BCUT2D eigenvalue weighted by atomic mass is 19.3. The Hall–Kier alpha value is -2.51. The Morgan fingerprint density at radius 3 is 3.00 bits per heavy atom. The van der Waals surface area contributed by atoms with E-state index in [-0.39, 0.29) is 24.2 Å². The Balaban J connectivity index is 1.72. The van der Waals surface area contributed by atoms with E-state index in [1.807, 2.05) is 0 Å². The summed E-state index contributed by atoms with van der Waals surface area (Å²) in [5, 5.41) is 7.30. The van der Waals surface area contributed by atoms with Gasteiger partial charge in [-0.15, -0.1) is 0 Å². The first-order valence-corrected chi connectivity index (χ1v) is 8.17. The van der Waals surface area contributed by atoms with E-state index < -0.39 is 30.0 Å². The van der Waals surface area contributed by atoms with Crippen LogP contribution in [0.3, 0.4) is 0 Å². The average Bonchev–Trinajstić information content (AvgIpc) is 2.89. The second-order valence-electron chi connectivity index (χ2n) is 6.59. The van der Waals surface area contributed by atoms with Gasteiger partial charge in [0.15, 0.2) is 0 Å². The zero-order valence-corrected chi connectivity index (χ0v) is 13.4. The van der Waals surface area contributed by atoms with Gasteiger partial charge in [-0.05, 0) is 36.6 Å². The molecule has 1 aromatic heterocycles. The molecule has 25 heavy (non-hydrogen) atoms. The summed E-state index contributed by atoms with van der Waals surface area (Å²) >= 11 is 0. The fourth-order valence-electron chi connectivity index (χ4n) is 3.61. The zero-order chi connectivity index (χ0) is 17.8. The number of halogens is 3. The number of hydrogen-bond acceptors (Lipinski definition) is 4. The fourth-order valence-corrected chi connectivity index (χ4v) is 3.61. The molecule has 2 aromatic rings. The van der Waals surface area contributed by atoms with E-state index >= 15 is 0 Å². The lowest BCUT2D eigenvalue weighted by atomic mass is 9.90. The summed E-state index contributed by atoms with van der Waals surface area (Å²) in [7, 11) is 0. The number of benzene rings is 1. The highest BCUT2D eigenvalue weighted by molar-refractivity contribution is 5.90. The third kappa shape index (κ3) is 2.65. The van der Waals surface area contributed by atoms with E-state index in [1.165, 1.54) is 12.1 Å². The van der Waals surface area contributed by atoms with Gasteiger partial charge in [-0.25, -0.2) is 13.2 Å². The SMILES string of the molecule is Nc1c2c(nn1C(=O)[C@@H]1CCNc3ccc(F)cc31)CCC(F)(F)C2. The van der Waals surface area contributed by atoms with E-state index in [2.05, 4.69) is 10.4 Å². The van der Waals surface area contributed by atoms with Crippen molar-refractivity contribution in [3.8, 4) is 0 Å². The number of nitrogens with one attached hydrogen (secondary N) is 1. The standard InChI is InChI=1S/C17H17F3N4O/c18-9-1-2-13-11(7-9)10(4-6-22-13)16(25)24-15(21)12-8-17(19,20)5-3-14(12)23-24/h1-2,7,10,22H,3-6,8,21H2/t10-/m1/s1. The van der Waals surface area contributed by atoms with Crippen LogP contribution < -0.4 is 11.1 Å². The van der Waals surface area contributed by atoms with E-state index in [0.717, 1.165) is 4.68 Å². The van der Waals surface area contributed by atoms with Gasteiger partial charge in [0.2, 0.25) is 0 Å². The van der Waals surface area contributed by atoms with Crippen molar-refractivity contribution in [3.05, 3.63) is 40.8 Å². The normalized spacial score (nSPS) is 21.2. The molecular formula is C17H17F3N4O. The van der Waals surface area contributed by atoms with Crippen molar-refractivity contribution in [1.29, 1.82) is 0 Å². The number of alkyl halides is 2. The van der Waals surface area contributed by atoms with Gasteiger partial charge < -0.3 is 11.1 Å². The largest absolute Gasteiger partial charge is 0.385 e. The summed E-state index contributed by atoms with van der Waals surface area (Å²) in [5.74, 6) is -4.33. The van der Waals surface area contributed by atoms with Crippen molar-refractivity contribution in [2.75, 3.05) is 17.6 Å². The Kier molecular flexibility index (Phi) is 3.52. The molecule has 0 saturated heterocycles. The molecule has 0 unspecified atom stereocenters. The molecule has 0 spiro atoms. The molecule has 0 saturated carbocycles. The molecule has 4 rings (SSSR count). The lowest BCUT2D eigenvalue weighted by molar-refractivity contribution is -0.0123. The van der Waals surface area contributed by atoms with Crippen molar-refractivity contribution >= 4 is 17.4 Å². The third-order valence-electron chi connectivity index (χ3n) is 4.91. The molecule has 1 aromatic carbocycles. The number of anilines is 2. The monoisotopic (exact) mass is 350 g/mol. The summed E-state index contributed by atoms with van der Waals surface area (Å²) in [6, 6.07) is 4.22. The van der Waals surface area contributed by atoms with Gasteiger partial charge in [0.1, 0.15) is 11.6 Å². The molecule has 8 heteroatoms. The molecule has 0 fully saturated rings. The first kappa shape index (κ1) is 16.0. The Bertz CT molecular complexity index is 862. The minimum absolute atomic E-state index is 0.0316. The summed E-state index contributed by atoms with van der Waals surface area (Å²) < 4.78 is 41.9. The van der Waals surface area contributed by atoms with Gasteiger partial charge in [0.05, 0.1) is 11.6 Å². The predicted molar refractivity (Wildman–Crippen MR) is 86.5 cm³/mol. The molecular weight excluding hydrogens is 333 g/mol. The number of nitrogen functional groups attached to an aromatic ring is 1. The lowest BCUT2D eigenvalue weighted by Crippen LogP contribution is -2.28. The molecule has 0 radical (unpaired) electrons.